The summed E-state index contributed by atoms with van der Waals surface area (Å²) < 4.78 is 0. The van der Waals surface area contributed by atoms with E-state index in [1.54, 1.807) is 18.2 Å². The summed E-state index contributed by atoms with van der Waals surface area (Å²) >= 11 is 11.7. The van der Waals surface area contributed by atoms with Crippen molar-refractivity contribution in [3.05, 3.63) is 28.2 Å². The lowest BCUT2D eigenvalue weighted by Crippen LogP contribution is -2.29. The minimum Gasteiger partial charge on any atom is -0.338 e. The van der Waals surface area contributed by atoms with Crippen LogP contribution < -0.4 is 10.6 Å². The Morgan fingerprint density at radius 1 is 1.16 bits per heavy atom. The van der Waals surface area contributed by atoms with E-state index < -0.39 is 0 Å². The third-order valence-electron chi connectivity index (χ3n) is 2.75. The summed E-state index contributed by atoms with van der Waals surface area (Å²) in [6.07, 6.45) is 5.86. The highest BCUT2D eigenvalue weighted by molar-refractivity contribution is 6.36. The second-order valence-electron chi connectivity index (χ2n) is 4.42. The van der Waals surface area contributed by atoms with Crippen molar-refractivity contribution in [2.45, 2.75) is 39.0 Å². The molecule has 2 amide bonds. The molecule has 1 rings (SSSR count). The SMILES string of the molecule is CCCCCCCNC(=O)Nc1ccc(Cl)cc1Cl. The van der Waals surface area contributed by atoms with Crippen molar-refractivity contribution in [3.8, 4) is 0 Å². The molecule has 0 aliphatic carbocycles. The maximum atomic E-state index is 11.6. The molecule has 0 aromatic heterocycles. The van der Waals surface area contributed by atoms with Crippen LogP contribution in [0.2, 0.25) is 10.0 Å². The first-order chi connectivity index (χ1) is 9.13. The van der Waals surface area contributed by atoms with Crippen LogP contribution in [-0.2, 0) is 0 Å². The summed E-state index contributed by atoms with van der Waals surface area (Å²) in [4.78, 5) is 11.6. The summed E-state index contributed by atoms with van der Waals surface area (Å²) in [5, 5.41) is 6.49. The Hall–Kier alpha value is -0.930. The second-order valence-corrected chi connectivity index (χ2v) is 5.26. The minimum absolute atomic E-state index is 0.236. The zero-order valence-corrected chi connectivity index (χ0v) is 12.7. The van der Waals surface area contributed by atoms with Gasteiger partial charge < -0.3 is 10.6 Å². The number of anilines is 1. The number of unbranched alkanes of at least 4 members (excludes halogenated alkanes) is 4. The van der Waals surface area contributed by atoms with Crippen molar-refractivity contribution in [1.29, 1.82) is 0 Å². The highest BCUT2D eigenvalue weighted by Crippen LogP contribution is 2.25. The average molecular weight is 303 g/mol. The molecule has 0 heterocycles. The maximum Gasteiger partial charge on any atom is 0.319 e. The second kappa shape index (κ2) is 9.05. The number of rotatable bonds is 7. The van der Waals surface area contributed by atoms with Crippen molar-refractivity contribution in [3.63, 3.8) is 0 Å². The molecule has 0 atom stereocenters. The third kappa shape index (κ3) is 6.69. The summed E-state index contributed by atoms with van der Waals surface area (Å²) in [5.41, 5.74) is 0.564. The Morgan fingerprint density at radius 2 is 1.89 bits per heavy atom. The van der Waals surface area contributed by atoms with Gasteiger partial charge in [0.2, 0.25) is 0 Å². The molecule has 0 saturated heterocycles. The Balaban J connectivity index is 2.23. The van der Waals surface area contributed by atoms with Crippen LogP contribution >= 0.6 is 23.2 Å². The van der Waals surface area contributed by atoms with Gasteiger partial charge in [-0.25, -0.2) is 4.79 Å². The Morgan fingerprint density at radius 3 is 2.58 bits per heavy atom. The lowest BCUT2D eigenvalue weighted by molar-refractivity contribution is 0.252. The van der Waals surface area contributed by atoms with Gasteiger partial charge in [0.05, 0.1) is 10.7 Å². The smallest absolute Gasteiger partial charge is 0.319 e. The van der Waals surface area contributed by atoms with Gasteiger partial charge in [-0.2, -0.15) is 0 Å². The van der Waals surface area contributed by atoms with Crippen LogP contribution in [-0.4, -0.2) is 12.6 Å². The molecule has 2 N–H and O–H groups in total. The molecule has 1 aromatic rings. The summed E-state index contributed by atoms with van der Waals surface area (Å²) in [6, 6.07) is 4.74. The zero-order chi connectivity index (χ0) is 14.1. The lowest BCUT2D eigenvalue weighted by Gasteiger charge is -2.09. The molecule has 0 saturated carbocycles. The average Bonchev–Trinajstić information content (AvgIpc) is 2.37. The van der Waals surface area contributed by atoms with Gasteiger partial charge in [-0.1, -0.05) is 55.8 Å². The number of amides is 2. The minimum atomic E-state index is -0.236. The standard InChI is InChI=1S/C14H20Cl2N2O/c1-2-3-4-5-6-9-17-14(19)18-13-8-7-11(15)10-12(13)16/h7-8,10H,2-6,9H2,1H3,(H2,17,18,19). The van der Waals surface area contributed by atoms with E-state index in [-0.39, 0.29) is 6.03 Å². The van der Waals surface area contributed by atoms with E-state index in [1.807, 2.05) is 0 Å². The van der Waals surface area contributed by atoms with E-state index in [4.69, 9.17) is 23.2 Å². The van der Waals surface area contributed by atoms with E-state index in [0.29, 0.717) is 22.3 Å². The van der Waals surface area contributed by atoms with Crippen LogP contribution in [0.15, 0.2) is 18.2 Å². The van der Waals surface area contributed by atoms with Gasteiger partial charge in [-0.15, -0.1) is 0 Å². The number of carbonyl (C=O) groups is 1. The molecule has 0 aliphatic rings. The van der Waals surface area contributed by atoms with Crippen LogP contribution in [0, 0.1) is 0 Å². The predicted octanol–water partition coefficient (Wildman–Crippen LogP) is 5.09. The predicted molar refractivity (Wildman–Crippen MR) is 82.2 cm³/mol. The van der Waals surface area contributed by atoms with Crippen LogP contribution in [0.3, 0.4) is 0 Å². The van der Waals surface area contributed by atoms with Crippen molar-refractivity contribution in [2.75, 3.05) is 11.9 Å². The quantitative estimate of drug-likeness (QED) is 0.677. The van der Waals surface area contributed by atoms with Gasteiger partial charge >= 0.3 is 6.03 Å². The molecule has 5 heteroatoms. The highest BCUT2D eigenvalue weighted by Gasteiger charge is 2.05. The van der Waals surface area contributed by atoms with Gasteiger partial charge in [0.25, 0.3) is 0 Å². The molecule has 0 radical (unpaired) electrons. The fraction of sp³-hybridized carbons (Fsp3) is 0.500. The molecule has 0 bridgehead atoms. The largest absolute Gasteiger partial charge is 0.338 e. The van der Waals surface area contributed by atoms with Gasteiger partial charge in [0.1, 0.15) is 0 Å². The molecule has 19 heavy (non-hydrogen) atoms. The van der Waals surface area contributed by atoms with Crippen molar-refractivity contribution in [1.82, 2.24) is 5.32 Å². The van der Waals surface area contributed by atoms with Crippen LogP contribution in [0.25, 0.3) is 0 Å². The topological polar surface area (TPSA) is 41.1 Å². The summed E-state index contributed by atoms with van der Waals surface area (Å²) in [7, 11) is 0. The first kappa shape index (κ1) is 16.1. The molecular weight excluding hydrogens is 283 g/mol. The number of hydrogen-bond acceptors (Lipinski definition) is 1. The van der Waals surface area contributed by atoms with Crippen LogP contribution in [0.4, 0.5) is 10.5 Å². The summed E-state index contributed by atoms with van der Waals surface area (Å²) in [6.45, 7) is 2.86. The Bertz CT molecular complexity index is 410. The first-order valence-corrected chi connectivity index (χ1v) is 7.39. The van der Waals surface area contributed by atoms with E-state index in [0.717, 1.165) is 12.8 Å². The number of halogens is 2. The van der Waals surface area contributed by atoms with Crippen molar-refractivity contribution >= 4 is 34.9 Å². The van der Waals surface area contributed by atoms with E-state index in [9.17, 15) is 4.79 Å². The fourth-order valence-electron chi connectivity index (χ4n) is 1.69. The monoisotopic (exact) mass is 302 g/mol. The molecule has 1 aromatic carbocycles. The van der Waals surface area contributed by atoms with Crippen molar-refractivity contribution < 1.29 is 4.79 Å². The third-order valence-corrected chi connectivity index (χ3v) is 3.29. The number of nitrogens with one attached hydrogen (secondary N) is 2. The van der Waals surface area contributed by atoms with E-state index in [1.165, 1.54) is 19.3 Å². The molecule has 106 valence electrons. The van der Waals surface area contributed by atoms with Gasteiger partial charge in [0.15, 0.2) is 0 Å². The number of hydrogen-bond donors (Lipinski definition) is 2. The molecule has 0 fully saturated rings. The normalized spacial score (nSPS) is 10.3. The number of carbonyl (C=O) groups excluding carboxylic acids is 1. The molecule has 0 unspecified atom stereocenters. The van der Waals surface area contributed by atoms with Gasteiger partial charge in [-0.3, -0.25) is 0 Å². The molecular formula is C14H20Cl2N2O. The molecule has 3 nitrogen and oxygen atoms in total. The van der Waals surface area contributed by atoms with Gasteiger partial charge in [0, 0.05) is 11.6 Å². The molecule has 0 aliphatic heterocycles. The number of benzene rings is 1. The summed E-state index contributed by atoms with van der Waals surface area (Å²) in [5.74, 6) is 0. The van der Waals surface area contributed by atoms with E-state index >= 15 is 0 Å². The highest BCUT2D eigenvalue weighted by atomic mass is 35.5. The fourth-order valence-corrected chi connectivity index (χ4v) is 2.14. The van der Waals surface area contributed by atoms with E-state index in [2.05, 4.69) is 17.6 Å². The Kier molecular flexibility index (Phi) is 7.68. The first-order valence-electron chi connectivity index (χ1n) is 6.63. The molecule has 0 spiro atoms. The Labute approximate surface area is 124 Å². The van der Waals surface area contributed by atoms with Crippen molar-refractivity contribution in [2.24, 2.45) is 0 Å². The number of urea groups is 1. The van der Waals surface area contributed by atoms with Crippen LogP contribution in [0.1, 0.15) is 39.0 Å². The van der Waals surface area contributed by atoms with Crippen LogP contribution in [0.5, 0.6) is 0 Å². The maximum absolute atomic E-state index is 11.6. The lowest BCUT2D eigenvalue weighted by atomic mass is 10.1. The van der Waals surface area contributed by atoms with Gasteiger partial charge in [-0.05, 0) is 24.6 Å². The zero-order valence-electron chi connectivity index (χ0n) is 11.1.